The van der Waals surface area contributed by atoms with Crippen molar-refractivity contribution in [2.75, 3.05) is 6.54 Å². The molecule has 1 aromatic rings. The lowest BCUT2D eigenvalue weighted by Gasteiger charge is -2.12. The maximum atomic E-state index is 11.8. The Balaban J connectivity index is 2.28. The van der Waals surface area contributed by atoms with Crippen LogP contribution in [0.5, 0.6) is 5.75 Å². The number of phenolic OH excluding ortho intramolecular Hbond substituents is 1. The molecule has 1 N–H and O–H groups in total. The summed E-state index contributed by atoms with van der Waals surface area (Å²) in [6.45, 7) is -0.775. The van der Waals surface area contributed by atoms with Gasteiger partial charge in [-0.25, -0.2) is 0 Å². The van der Waals surface area contributed by atoms with Gasteiger partial charge in [0.2, 0.25) is 0 Å². The lowest BCUT2D eigenvalue weighted by atomic mass is 10.2. The summed E-state index contributed by atoms with van der Waals surface area (Å²) < 4.78 is 0. The van der Waals surface area contributed by atoms with Crippen LogP contribution in [0.15, 0.2) is 29.2 Å². The van der Waals surface area contributed by atoms with Crippen molar-refractivity contribution in [3.63, 3.8) is 0 Å². The van der Waals surface area contributed by atoms with E-state index in [-0.39, 0.29) is 10.7 Å². The van der Waals surface area contributed by atoms with Crippen LogP contribution in [0, 0.1) is 0 Å². The van der Waals surface area contributed by atoms with Gasteiger partial charge in [-0.2, -0.15) is 0 Å². The number of phenols is 1. The van der Waals surface area contributed by atoms with Crippen molar-refractivity contribution in [3.8, 4) is 5.75 Å². The molecule has 1 aliphatic heterocycles. The molecule has 0 radical (unpaired) electrons. The van der Waals surface area contributed by atoms with E-state index in [2.05, 4.69) is 0 Å². The normalized spacial score (nSPS) is 17.3. The SMILES string of the molecule is O=C([O-])CN1C(=O)S/C(=C/c2ccccc2O)C1=O. The Kier molecular flexibility index (Phi) is 3.57. The summed E-state index contributed by atoms with van der Waals surface area (Å²) in [5.41, 5.74) is 0.376. The van der Waals surface area contributed by atoms with Gasteiger partial charge in [0.05, 0.1) is 17.4 Å². The van der Waals surface area contributed by atoms with E-state index in [0.29, 0.717) is 22.2 Å². The van der Waals surface area contributed by atoms with Crippen LogP contribution in [0.25, 0.3) is 6.08 Å². The minimum absolute atomic E-state index is 0.0331. The first-order valence-corrected chi connectivity index (χ1v) is 6.04. The summed E-state index contributed by atoms with van der Waals surface area (Å²) in [5, 5.41) is 19.3. The third kappa shape index (κ3) is 2.76. The Morgan fingerprint density at radius 1 is 1.37 bits per heavy atom. The zero-order valence-corrected chi connectivity index (χ0v) is 10.3. The lowest BCUT2D eigenvalue weighted by molar-refractivity contribution is -0.305. The molecule has 2 amide bonds. The Morgan fingerprint density at radius 2 is 2.05 bits per heavy atom. The molecule has 0 spiro atoms. The molecule has 2 rings (SSSR count). The highest BCUT2D eigenvalue weighted by atomic mass is 32.2. The highest BCUT2D eigenvalue weighted by Crippen LogP contribution is 2.33. The van der Waals surface area contributed by atoms with E-state index >= 15 is 0 Å². The zero-order chi connectivity index (χ0) is 14.0. The molecule has 19 heavy (non-hydrogen) atoms. The first-order valence-electron chi connectivity index (χ1n) is 5.22. The van der Waals surface area contributed by atoms with E-state index < -0.39 is 23.7 Å². The summed E-state index contributed by atoms with van der Waals surface area (Å²) in [7, 11) is 0. The topological polar surface area (TPSA) is 97.7 Å². The van der Waals surface area contributed by atoms with Crippen molar-refractivity contribution in [3.05, 3.63) is 34.7 Å². The minimum Gasteiger partial charge on any atom is -0.548 e. The van der Waals surface area contributed by atoms with E-state index in [1.54, 1.807) is 18.2 Å². The molecule has 0 aromatic heterocycles. The van der Waals surface area contributed by atoms with Gasteiger partial charge < -0.3 is 15.0 Å². The number of carboxylic acid groups (broad SMARTS) is 1. The van der Waals surface area contributed by atoms with Gasteiger partial charge in [0.15, 0.2) is 0 Å². The summed E-state index contributed by atoms with van der Waals surface area (Å²) in [5.74, 6) is -2.25. The summed E-state index contributed by atoms with van der Waals surface area (Å²) in [6.07, 6.45) is 1.34. The van der Waals surface area contributed by atoms with Gasteiger partial charge in [0.25, 0.3) is 11.1 Å². The molecule has 0 aliphatic carbocycles. The number of para-hydroxylation sites is 1. The second kappa shape index (κ2) is 5.15. The quantitative estimate of drug-likeness (QED) is 0.792. The fraction of sp³-hybridized carbons (Fsp3) is 0.0833. The average molecular weight is 278 g/mol. The summed E-state index contributed by atoms with van der Waals surface area (Å²) >= 11 is 0.624. The van der Waals surface area contributed by atoms with E-state index in [1.165, 1.54) is 12.1 Å². The van der Waals surface area contributed by atoms with Crippen LogP contribution in [0.1, 0.15) is 5.56 Å². The number of rotatable bonds is 3. The second-order valence-corrected chi connectivity index (χ2v) is 4.69. The van der Waals surface area contributed by atoms with Gasteiger partial charge in [-0.05, 0) is 23.9 Å². The number of hydrogen-bond donors (Lipinski definition) is 1. The van der Waals surface area contributed by atoms with Crippen molar-refractivity contribution in [1.82, 2.24) is 4.90 Å². The minimum atomic E-state index is -1.51. The first-order chi connectivity index (χ1) is 8.99. The molecule has 98 valence electrons. The molecule has 7 heteroatoms. The standard InChI is InChI=1S/C12H9NO5S/c14-8-4-2-1-3-7(8)5-9-11(17)13(6-10(15)16)12(18)19-9/h1-5,14H,6H2,(H,15,16)/p-1/b9-5+. The molecule has 0 unspecified atom stereocenters. The number of carboxylic acids is 1. The van der Waals surface area contributed by atoms with Crippen LogP contribution >= 0.6 is 11.8 Å². The molecule has 1 aromatic carbocycles. The van der Waals surface area contributed by atoms with E-state index in [1.807, 2.05) is 0 Å². The van der Waals surface area contributed by atoms with E-state index in [0.717, 1.165) is 0 Å². The van der Waals surface area contributed by atoms with Gasteiger partial charge in [-0.1, -0.05) is 18.2 Å². The predicted octanol–water partition coefficient (Wildman–Crippen LogP) is 0.178. The van der Waals surface area contributed by atoms with E-state index in [9.17, 15) is 24.6 Å². The van der Waals surface area contributed by atoms with Gasteiger partial charge in [-0.15, -0.1) is 0 Å². The van der Waals surface area contributed by atoms with Crippen LogP contribution in [0.4, 0.5) is 4.79 Å². The maximum absolute atomic E-state index is 11.8. The Morgan fingerprint density at radius 3 is 2.68 bits per heavy atom. The number of carbonyl (C=O) groups is 3. The summed E-state index contributed by atoms with van der Waals surface area (Å²) in [4.78, 5) is 34.4. The molecule has 1 heterocycles. The van der Waals surface area contributed by atoms with Gasteiger partial charge in [-0.3, -0.25) is 14.5 Å². The van der Waals surface area contributed by atoms with Crippen LogP contribution < -0.4 is 5.11 Å². The molecule has 0 bridgehead atoms. The third-order valence-corrected chi connectivity index (χ3v) is 3.29. The van der Waals surface area contributed by atoms with Crippen LogP contribution in [0.2, 0.25) is 0 Å². The molecule has 0 saturated carbocycles. The Bertz CT molecular complexity index is 596. The largest absolute Gasteiger partial charge is 0.548 e. The molecule has 1 aliphatic rings. The zero-order valence-electron chi connectivity index (χ0n) is 9.53. The lowest BCUT2D eigenvalue weighted by Crippen LogP contribution is -2.40. The molecule has 1 fully saturated rings. The monoisotopic (exact) mass is 278 g/mol. The predicted molar refractivity (Wildman–Crippen MR) is 65.8 cm³/mol. The molecule has 0 atom stereocenters. The molecule has 1 saturated heterocycles. The second-order valence-electron chi connectivity index (χ2n) is 3.70. The number of aromatic hydroxyl groups is 1. The van der Waals surface area contributed by atoms with Crippen LogP contribution in [0.3, 0.4) is 0 Å². The number of amides is 2. The first kappa shape index (κ1) is 13.2. The van der Waals surface area contributed by atoms with Crippen molar-refractivity contribution in [2.45, 2.75) is 0 Å². The van der Waals surface area contributed by atoms with Gasteiger partial charge >= 0.3 is 0 Å². The Hall–Kier alpha value is -2.28. The van der Waals surface area contributed by atoms with Crippen molar-refractivity contribution >= 4 is 35.0 Å². The maximum Gasteiger partial charge on any atom is 0.293 e. The highest BCUT2D eigenvalue weighted by Gasteiger charge is 2.34. The Labute approximate surface area is 112 Å². The third-order valence-electron chi connectivity index (χ3n) is 2.38. The highest BCUT2D eigenvalue weighted by molar-refractivity contribution is 8.18. The fourth-order valence-electron chi connectivity index (χ4n) is 1.52. The fourth-order valence-corrected chi connectivity index (χ4v) is 2.35. The molecular weight excluding hydrogens is 270 g/mol. The smallest absolute Gasteiger partial charge is 0.293 e. The van der Waals surface area contributed by atoms with Gasteiger partial charge in [0, 0.05) is 5.56 Å². The van der Waals surface area contributed by atoms with E-state index in [4.69, 9.17) is 0 Å². The number of hydrogen-bond acceptors (Lipinski definition) is 6. The molecular formula is C12H8NO5S-. The number of carbonyl (C=O) groups excluding carboxylic acids is 3. The number of nitrogens with zero attached hydrogens (tertiary/aromatic N) is 1. The van der Waals surface area contributed by atoms with Gasteiger partial charge in [0.1, 0.15) is 5.75 Å². The van der Waals surface area contributed by atoms with Crippen molar-refractivity contribution in [2.24, 2.45) is 0 Å². The number of thioether (sulfide) groups is 1. The van der Waals surface area contributed by atoms with Crippen molar-refractivity contribution in [1.29, 1.82) is 0 Å². The van der Waals surface area contributed by atoms with Crippen LogP contribution in [-0.4, -0.2) is 33.7 Å². The number of benzene rings is 1. The number of imide groups is 1. The van der Waals surface area contributed by atoms with Crippen molar-refractivity contribution < 1.29 is 24.6 Å². The summed E-state index contributed by atoms with van der Waals surface area (Å²) in [6, 6.07) is 6.30. The van der Waals surface area contributed by atoms with Crippen LogP contribution in [-0.2, 0) is 9.59 Å². The molecule has 6 nitrogen and oxygen atoms in total. The number of aliphatic carboxylic acids is 1. The average Bonchev–Trinajstić information content (AvgIpc) is 2.60.